The Morgan fingerprint density at radius 1 is 1.05 bits per heavy atom. The number of pyridine rings is 1. The molecular formula is C19H22N2. The molecule has 3 aromatic rings. The molecule has 0 saturated heterocycles. The molecule has 1 heterocycles. The highest BCUT2D eigenvalue weighted by Crippen LogP contribution is 2.36. The zero-order valence-corrected chi connectivity index (χ0v) is 13.2. The highest BCUT2D eigenvalue weighted by molar-refractivity contribution is 6.09. The summed E-state index contributed by atoms with van der Waals surface area (Å²) in [5.41, 5.74) is 4.82. The van der Waals surface area contributed by atoms with Crippen LogP contribution in [0.1, 0.15) is 37.9 Å². The number of rotatable bonds is 3. The standard InChI is InChI=1S/C19H22N2/c1-5-20-19-16-11-10-14-8-6-7-9-15(14)18(16)21-13(4)17(19)12(2)3/h6-12H,5H2,1-4H3,(H,20,21). The van der Waals surface area contributed by atoms with E-state index in [2.05, 4.69) is 69.4 Å². The third kappa shape index (κ3) is 2.25. The number of aromatic nitrogens is 1. The van der Waals surface area contributed by atoms with Gasteiger partial charge in [0.1, 0.15) is 0 Å². The molecule has 3 rings (SSSR count). The molecule has 2 nitrogen and oxygen atoms in total. The van der Waals surface area contributed by atoms with E-state index in [1.54, 1.807) is 0 Å². The fourth-order valence-corrected chi connectivity index (χ4v) is 3.20. The quantitative estimate of drug-likeness (QED) is 0.662. The minimum absolute atomic E-state index is 0.461. The molecule has 0 radical (unpaired) electrons. The third-order valence-electron chi connectivity index (χ3n) is 4.04. The Hall–Kier alpha value is -2.09. The molecule has 21 heavy (non-hydrogen) atoms. The minimum atomic E-state index is 0.461. The van der Waals surface area contributed by atoms with Gasteiger partial charge in [-0.3, -0.25) is 4.98 Å². The van der Waals surface area contributed by atoms with Crippen molar-refractivity contribution in [2.75, 3.05) is 11.9 Å². The van der Waals surface area contributed by atoms with Crippen LogP contribution in [0.3, 0.4) is 0 Å². The Morgan fingerprint density at radius 2 is 1.81 bits per heavy atom. The lowest BCUT2D eigenvalue weighted by Crippen LogP contribution is -2.07. The number of aryl methyl sites for hydroxylation is 1. The van der Waals surface area contributed by atoms with Crippen LogP contribution in [0.25, 0.3) is 21.7 Å². The molecule has 2 heteroatoms. The Labute approximate surface area is 126 Å². The van der Waals surface area contributed by atoms with Crippen molar-refractivity contribution in [2.45, 2.75) is 33.6 Å². The first kappa shape index (κ1) is 13.9. The van der Waals surface area contributed by atoms with Crippen LogP contribution in [0.15, 0.2) is 36.4 Å². The molecule has 0 unspecified atom stereocenters. The molecule has 0 amide bonds. The van der Waals surface area contributed by atoms with Crippen LogP contribution in [0.2, 0.25) is 0 Å². The second-order valence-corrected chi connectivity index (χ2v) is 5.85. The fraction of sp³-hybridized carbons (Fsp3) is 0.316. The van der Waals surface area contributed by atoms with Gasteiger partial charge < -0.3 is 5.32 Å². The zero-order chi connectivity index (χ0) is 15.0. The Kier molecular flexibility index (Phi) is 3.54. The molecule has 0 saturated carbocycles. The summed E-state index contributed by atoms with van der Waals surface area (Å²) in [6, 6.07) is 12.9. The van der Waals surface area contributed by atoms with Gasteiger partial charge in [-0.1, -0.05) is 50.2 Å². The summed E-state index contributed by atoms with van der Waals surface area (Å²) in [5, 5.41) is 7.27. The van der Waals surface area contributed by atoms with E-state index in [-0.39, 0.29) is 0 Å². The number of anilines is 1. The van der Waals surface area contributed by atoms with Crippen molar-refractivity contribution in [2.24, 2.45) is 0 Å². The average molecular weight is 278 g/mol. The molecule has 0 atom stereocenters. The van der Waals surface area contributed by atoms with E-state index in [4.69, 9.17) is 4.98 Å². The van der Waals surface area contributed by atoms with Gasteiger partial charge in [-0.05, 0) is 30.7 Å². The highest BCUT2D eigenvalue weighted by Gasteiger charge is 2.16. The second kappa shape index (κ2) is 5.36. The number of fused-ring (bicyclic) bond motifs is 3. The Bertz CT molecular complexity index is 803. The zero-order valence-electron chi connectivity index (χ0n) is 13.2. The minimum Gasteiger partial charge on any atom is -0.384 e. The summed E-state index contributed by atoms with van der Waals surface area (Å²) in [5.74, 6) is 0.461. The van der Waals surface area contributed by atoms with Gasteiger partial charge in [0.05, 0.1) is 5.52 Å². The number of hydrogen-bond donors (Lipinski definition) is 1. The number of nitrogens with zero attached hydrogens (tertiary/aromatic N) is 1. The predicted molar refractivity (Wildman–Crippen MR) is 92.2 cm³/mol. The van der Waals surface area contributed by atoms with Crippen LogP contribution >= 0.6 is 0 Å². The van der Waals surface area contributed by atoms with E-state index in [9.17, 15) is 0 Å². The highest BCUT2D eigenvalue weighted by atomic mass is 14.9. The lowest BCUT2D eigenvalue weighted by atomic mass is 9.95. The normalized spacial score (nSPS) is 11.5. The van der Waals surface area contributed by atoms with Gasteiger partial charge >= 0.3 is 0 Å². The predicted octanol–water partition coefficient (Wildman–Crippen LogP) is 5.25. The van der Waals surface area contributed by atoms with E-state index >= 15 is 0 Å². The van der Waals surface area contributed by atoms with Gasteiger partial charge in [0.25, 0.3) is 0 Å². The van der Waals surface area contributed by atoms with E-state index in [1.807, 2.05) is 0 Å². The van der Waals surface area contributed by atoms with Crippen molar-refractivity contribution in [3.8, 4) is 0 Å². The van der Waals surface area contributed by atoms with Crippen LogP contribution in [0.5, 0.6) is 0 Å². The molecular weight excluding hydrogens is 256 g/mol. The van der Waals surface area contributed by atoms with Crippen molar-refractivity contribution >= 4 is 27.4 Å². The lowest BCUT2D eigenvalue weighted by molar-refractivity contribution is 0.848. The molecule has 2 aromatic carbocycles. The molecule has 1 N–H and O–H groups in total. The van der Waals surface area contributed by atoms with Crippen LogP contribution in [0, 0.1) is 6.92 Å². The first-order valence-electron chi connectivity index (χ1n) is 7.69. The van der Waals surface area contributed by atoms with Crippen molar-refractivity contribution < 1.29 is 0 Å². The molecule has 0 aliphatic rings. The summed E-state index contributed by atoms with van der Waals surface area (Å²) in [6.07, 6.45) is 0. The monoisotopic (exact) mass is 278 g/mol. The van der Waals surface area contributed by atoms with Gasteiger partial charge in [0, 0.05) is 28.7 Å². The number of hydrogen-bond acceptors (Lipinski definition) is 2. The van der Waals surface area contributed by atoms with Gasteiger partial charge in [0.2, 0.25) is 0 Å². The van der Waals surface area contributed by atoms with Gasteiger partial charge in [-0.25, -0.2) is 0 Å². The van der Waals surface area contributed by atoms with Gasteiger partial charge in [-0.2, -0.15) is 0 Å². The van der Waals surface area contributed by atoms with E-state index < -0.39 is 0 Å². The molecule has 1 aromatic heterocycles. The van der Waals surface area contributed by atoms with Crippen molar-refractivity contribution in [3.63, 3.8) is 0 Å². The Balaban J connectivity index is 2.46. The van der Waals surface area contributed by atoms with Crippen molar-refractivity contribution in [1.29, 1.82) is 0 Å². The van der Waals surface area contributed by atoms with Gasteiger partial charge in [-0.15, -0.1) is 0 Å². The van der Waals surface area contributed by atoms with E-state index in [0.29, 0.717) is 5.92 Å². The summed E-state index contributed by atoms with van der Waals surface area (Å²) in [6.45, 7) is 9.66. The smallest absolute Gasteiger partial charge is 0.0804 e. The topological polar surface area (TPSA) is 24.9 Å². The molecule has 0 aliphatic carbocycles. The molecule has 0 bridgehead atoms. The summed E-state index contributed by atoms with van der Waals surface area (Å²) in [4.78, 5) is 4.93. The second-order valence-electron chi connectivity index (χ2n) is 5.85. The van der Waals surface area contributed by atoms with Crippen molar-refractivity contribution in [3.05, 3.63) is 47.7 Å². The average Bonchev–Trinajstić information content (AvgIpc) is 2.47. The largest absolute Gasteiger partial charge is 0.384 e. The van der Waals surface area contributed by atoms with Crippen LogP contribution in [0.4, 0.5) is 5.69 Å². The Morgan fingerprint density at radius 3 is 2.52 bits per heavy atom. The van der Waals surface area contributed by atoms with Crippen LogP contribution in [-0.2, 0) is 0 Å². The van der Waals surface area contributed by atoms with Gasteiger partial charge in [0.15, 0.2) is 0 Å². The third-order valence-corrected chi connectivity index (χ3v) is 4.04. The molecule has 0 fully saturated rings. The maximum atomic E-state index is 4.93. The van der Waals surface area contributed by atoms with Crippen LogP contribution in [-0.4, -0.2) is 11.5 Å². The lowest BCUT2D eigenvalue weighted by Gasteiger charge is -2.19. The first-order valence-corrected chi connectivity index (χ1v) is 7.69. The SMILES string of the molecule is CCNc1c(C(C)C)c(C)nc2c1ccc1ccccc12. The maximum absolute atomic E-state index is 4.93. The van der Waals surface area contributed by atoms with Crippen LogP contribution < -0.4 is 5.32 Å². The first-order chi connectivity index (χ1) is 10.1. The summed E-state index contributed by atoms with van der Waals surface area (Å²) < 4.78 is 0. The maximum Gasteiger partial charge on any atom is 0.0804 e. The van der Waals surface area contributed by atoms with Crippen molar-refractivity contribution in [1.82, 2.24) is 4.98 Å². The van der Waals surface area contributed by atoms with E-state index in [0.717, 1.165) is 17.8 Å². The molecule has 0 aliphatic heterocycles. The molecule has 108 valence electrons. The van der Waals surface area contributed by atoms with E-state index in [1.165, 1.54) is 27.4 Å². The summed E-state index contributed by atoms with van der Waals surface area (Å²) in [7, 11) is 0. The number of benzene rings is 2. The molecule has 0 spiro atoms. The summed E-state index contributed by atoms with van der Waals surface area (Å²) >= 11 is 0. The fourth-order valence-electron chi connectivity index (χ4n) is 3.20. The number of nitrogens with one attached hydrogen (secondary N) is 1.